The normalized spacial score (nSPS) is 14.8. The first-order valence-electron chi connectivity index (χ1n) is 14.5. The number of anilines is 1. The summed E-state index contributed by atoms with van der Waals surface area (Å²) in [6, 6.07) is 14.5. The summed E-state index contributed by atoms with van der Waals surface area (Å²) in [5.41, 5.74) is 2.60. The highest BCUT2D eigenvalue weighted by molar-refractivity contribution is 7.92. The van der Waals surface area contributed by atoms with Gasteiger partial charge in [-0.25, -0.2) is 8.42 Å². The predicted octanol–water partition coefficient (Wildman–Crippen LogP) is 5.06. The summed E-state index contributed by atoms with van der Waals surface area (Å²) in [6.07, 6.45) is 8.33. The van der Waals surface area contributed by atoms with Crippen LogP contribution in [0.15, 0.2) is 48.5 Å². The van der Waals surface area contributed by atoms with Gasteiger partial charge in [0, 0.05) is 25.6 Å². The van der Waals surface area contributed by atoms with Crippen molar-refractivity contribution in [2.24, 2.45) is 0 Å². The van der Waals surface area contributed by atoms with E-state index in [1.807, 2.05) is 50.2 Å². The molecule has 0 unspecified atom stereocenters. The van der Waals surface area contributed by atoms with Gasteiger partial charge < -0.3 is 15.0 Å². The Morgan fingerprint density at radius 1 is 0.975 bits per heavy atom. The number of benzene rings is 2. The topological polar surface area (TPSA) is 96.0 Å². The zero-order valence-electron chi connectivity index (χ0n) is 24.4. The molecule has 40 heavy (non-hydrogen) atoms. The van der Waals surface area contributed by atoms with E-state index in [4.69, 9.17) is 4.74 Å². The number of carbonyl (C=O) groups excluding carboxylic acids is 2. The summed E-state index contributed by atoms with van der Waals surface area (Å²) >= 11 is 0. The summed E-state index contributed by atoms with van der Waals surface area (Å²) in [7, 11) is -1.93. The quantitative estimate of drug-likeness (QED) is 0.342. The Bertz CT molecular complexity index is 1190. The Morgan fingerprint density at radius 3 is 2.15 bits per heavy atom. The number of methoxy groups -OCH3 is 1. The molecule has 220 valence electrons. The molecule has 3 rings (SSSR count). The van der Waals surface area contributed by atoms with Gasteiger partial charge in [0.25, 0.3) is 0 Å². The molecule has 1 aliphatic carbocycles. The number of rotatable bonds is 14. The Kier molecular flexibility index (Phi) is 11.9. The van der Waals surface area contributed by atoms with Crippen molar-refractivity contribution in [2.45, 2.75) is 90.3 Å². The summed E-state index contributed by atoms with van der Waals surface area (Å²) in [4.78, 5) is 28.7. The standard InChI is InChI=1S/C31H45N3O5S/c1-5-24-14-18-27(19-15-24)34(40(4,37)38)22-10-13-30(35)33(23-25-16-20-28(39-3)21-17-25)29(6-2)31(36)32-26-11-8-7-9-12-26/h14-21,26,29H,5-13,22-23H2,1-4H3,(H,32,36)/t29-/m1/s1. The maximum absolute atomic E-state index is 13.7. The smallest absolute Gasteiger partial charge is 0.243 e. The predicted molar refractivity (Wildman–Crippen MR) is 160 cm³/mol. The molecule has 1 N–H and O–H groups in total. The third-order valence-electron chi connectivity index (χ3n) is 7.63. The Labute approximate surface area is 240 Å². The van der Waals surface area contributed by atoms with Crippen LogP contribution in [0.3, 0.4) is 0 Å². The van der Waals surface area contributed by atoms with Gasteiger partial charge in [-0.3, -0.25) is 13.9 Å². The largest absolute Gasteiger partial charge is 0.497 e. The van der Waals surface area contributed by atoms with Crippen molar-refractivity contribution in [3.05, 3.63) is 59.7 Å². The highest BCUT2D eigenvalue weighted by Gasteiger charge is 2.30. The first-order valence-corrected chi connectivity index (χ1v) is 16.3. The molecule has 1 aliphatic rings. The molecular formula is C31H45N3O5S. The van der Waals surface area contributed by atoms with Crippen LogP contribution in [0.5, 0.6) is 5.75 Å². The fourth-order valence-electron chi connectivity index (χ4n) is 5.29. The second-order valence-electron chi connectivity index (χ2n) is 10.6. The second kappa shape index (κ2) is 15.1. The Hall–Kier alpha value is -3.07. The summed E-state index contributed by atoms with van der Waals surface area (Å²) in [6.45, 7) is 4.43. The minimum atomic E-state index is -3.53. The number of nitrogens with zero attached hydrogens (tertiary/aromatic N) is 2. The van der Waals surface area contributed by atoms with Crippen LogP contribution in [0.2, 0.25) is 0 Å². The van der Waals surface area contributed by atoms with E-state index in [1.54, 1.807) is 24.1 Å². The molecule has 9 heteroatoms. The van der Waals surface area contributed by atoms with Crippen LogP contribution in [-0.4, -0.2) is 57.1 Å². The molecule has 0 radical (unpaired) electrons. The van der Waals surface area contributed by atoms with Crippen molar-refractivity contribution in [2.75, 3.05) is 24.2 Å². The Morgan fingerprint density at radius 2 is 1.60 bits per heavy atom. The molecule has 2 aromatic carbocycles. The van der Waals surface area contributed by atoms with Crippen molar-refractivity contribution in [1.82, 2.24) is 10.2 Å². The highest BCUT2D eigenvalue weighted by atomic mass is 32.2. The van der Waals surface area contributed by atoms with Gasteiger partial charge >= 0.3 is 0 Å². The van der Waals surface area contributed by atoms with Gasteiger partial charge in [0.15, 0.2) is 0 Å². The van der Waals surface area contributed by atoms with Gasteiger partial charge in [-0.05, 0) is 67.5 Å². The highest BCUT2D eigenvalue weighted by Crippen LogP contribution is 2.22. The van der Waals surface area contributed by atoms with E-state index in [1.165, 1.54) is 17.0 Å². The number of nitrogens with one attached hydrogen (secondary N) is 1. The lowest BCUT2D eigenvalue weighted by molar-refractivity contribution is -0.141. The molecule has 0 aliphatic heterocycles. The molecule has 1 saturated carbocycles. The number of aryl methyl sites for hydroxylation is 1. The maximum atomic E-state index is 13.7. The van der Waals surface area contributed by atoms with E-state index in [9.17, 15) is 18.0 Å². The maximum Gasteiger partial charge on any atom is 0.243 e. The van der Waals surface area contributed by atoms with Crippen molar-refractivity contribution < 1.29 is 22.7 Å². The van der Waals surface area contributed by atoms with Crippen molar-refractivity contribution in [1.29, 1.82) is 0 Å². The van der Waals surface area contributed by atoms with Gasteiger partial charge in [0.1, 0.15) is 11.8 Å². The van der Waals surface area contributed by atoms with Gasteiger partial charge in [0.2, 0.25) is 21.8 Å². The first-order chi connectivity index (χ1) is 19.2. The number of carbonyl (C=O) groups is 2. The van der Waals surface area contributed by atoms with E-state index in [-0.39, 0.29) is 37.4 Å². The van der Waals surface area contributed by atoms with Crippen molar-refractivity contribution >= 4 is 27.5 Å². The molecule has 0 aromatic heterocycles. The second-order valence-corrected chi connectivity index (χ2v) is 12.5. The van der Waals surface area contributed by atoms with E-state index < -0.39 is 16.1 Å². The summed E-state index contributed by atoms with van der Waals surface area (Å²) in [5.74, 6) is 0.429. The van der Waals surface area contributed by atoms with Crippen LogP contribution < -0.4 is 14.4 Å². The number of sulfonamides is 1. The van der Waals surface area contributed by atoms with Crippen LogP contribution >= 0.6 is 0 Å². The minimum Gasteiger partial charge on any atom is -0.497 e. The molecule has 1 atom stereocenters. The number of amides is 2. The van der Waals surface area contributed by atoms with Gasteiger partial charge in [-0.2, -0.15) is 0 Å². The molecule has 2 amide bonds. The number of hydrogen-bond acceptors (Lipinski definition) is 5. The molecule has 0 spiro atoms. The van der Waals surface area contributed by atoms with Gasteiger partial charge in [0.05, 0.1) is 19.1 Å². The average Bonchev–Trinajstić information content (AvgIpc) is 2.95. The Balaban J connectivity index is 1.75. The number of ether oxygens (including phenoxy) is 1. The van der Waals surface area contributed by atoms with Gasteiger partial charge in [-0.1, -0.05) is 57.4 Å². The molecular weight excluding hydrogens is 526 g/mol. The average molecular weight is 572 g/mol. The van der Waals surface area contributed by atoms with Crippen LogP contribution in [-0.2, 0) is 32.6 Å². The molecule has 0 saturated heterocycles. The third kappa shape index (κ3) is 8.98. The lowest BCUT2D eigenvalue weighted by Gasteiger charge is -2.33. The molecule has 0 bridgehead atoms. The summed E-state index contributed by atoms with van der Waals surface area (Å²) < 4.78 is 31.8. The molecule has 0 heterocycles. The van der Waals surface area contributed by atoms with Crippen molar-refractivity contribution in [3.8, 4) is 5.75 Å². The minimum absolute atomic E-state index is 0.120. The van der Waals surface area contributed by atoms with Crippen LogP contribution in [0.1, 0.15) is 76.3 Å². The first kappa shape index (κ1) is 31.5. The summed E-state index contributed by atoms with van der Waals surface area (Å²) in [5, 5.41) is 3.19. The van der Waals surface area contributed by atoms with E-state index in [0.717, 1.165) is 49.0 Å². The number of hydrogen-bond donors (Lipinski definition) is 1. The SMILES string of the molecule is CCc1ccc(N(CCCC(=O)N(Cc2ccc(OC)cc2)[C@H](CC)C(=O)NC2CCCCC2)S(C)(=O)=O)cc1. The molecule has 2 aromatic rings. The zero-order chi connectivity index (χ0) is 29.1. The lowest BCUT2D eigenvalue weighted by Crippen LogP contribution is -2.51. The van der Waals surface area contributed by atoms with Crippen LogP contribution in [0.25, 0.3) is 0 Å². The van der Waals surface area contributed by atoms with E-state index >= 15 is 0 Å². The third-order valence-corrected chi connectivity index (χ3v) is 8.83. The van der Waals surface area contributed by atoms with Crippen LogP contribution in [0, 0.1) is 0 Å². The molecule has 8 nitrogen and oxygen atoms in total. The fourth-order valence-corrected chi connectivity index (χ4v) is 6.26. The monoisotopic (exact) mass is 571 g/mol. The lowest BCUT2D eigenvalue weighted by atomic mass is 9.95. The fraction of sp³-hybridized carbons (Fsp3) is 0.548. The molecule has 1 fully saturated rings. The van der Waals surface area contributed by atoms with E-state index in [2.05, 4.69) is 5.32 Å². The van der Waals surface area contributed by atoms with Crippen LogP contribution in [0.4, 0.5) is 5.69 Å². The zero-order valence-corrected chi connectivity index (χ0v) is 25.2. The van der Waals surface area contributed by atoms with Gasteiger partial charge in [-0.15, -0.1) is 0 Å². The van der Waals surface area contributed by atoms with E-state index in [0.29, 0.717) is 18.5 Å². The van der Waals surface area contributed by atoms with Crippen molar-refractivity contribution in [3.63, 3.8) is 0 Å².